The Labute approximate surface area is 92.4 Å². The standard InChI is InChI=1S/C11H23N3O/c1-3-12-9-10(2)11(15)13-14-7-5-4-6-8-14/h10,12H,3-9H2,1-2H3,(H,13,15). The van der Waals surface area contributed by atoms with Crippen molar-refractivity contribution in [3.8, 4) is 0 Å². The number of nitrogens with one attached hydrogen (secondary N) is 2. The van der Waals surface area contributed by atoms with Crippen molar-refractivity contribution in [1.29, 1.82) is 0 Å². The van der Waals surface area contributed by atoms with E-state index in [-0.39, 0.29) is 11.8 Å². The molecule has 0 aromatic rings. The third kappa shape index (κ3) is 4.62. The van der Waals surface area contributed by atoms with Gasteiger partial charge in [-0.3, -0.25) is 10.2 Å². The minimum atomic E-state index is 0.0480. The molecule has 1 fully saturated rings. The Morgan fingerprint density at radius 1 is 1.33 bits per heavy atom. The molecule has 0 spiro atoms. The molecule has 0 saturated carbocycles. The molecule has 0 bridgehead atoms. The molecular formula is C11H23N3O. The number of piperidine rings is 1. The van der Waals surface area contributed by atoms with Crippen LogP contribution in [0.1, 0.15) is 33.1 Å². The Balaban J connectivity index is 2.20. The fourth-order valence-corrected chi connectivity index (χ4v) is 1.73. The van der Waals surface area contributed by atoms with Crippen molar-refractivity contribution in [2.75, 3.05) is 26.2 Å². The lowest BCUT2D eigenvalue weighted by Crippen LogP contribution is -2.48. The normalized spacial score (nSPS) is 19.9. The van der Waals surface area contributed by atoms with Gasteiger partial charge in [-0.05, 0) is 19.4 Å². The van der Waals surface area contributed by atoms with Crippen LogP contribution in [0.4, 0.5) is 0 Å². The number of carbonyl (C=O) groups excluding carboxylic acids is 1. The number of nitrogens with zero attached hydrogens (tertiary/aromatic N) is 1. The number of hydrogen-bond acceptors (Lipinski definition) is 3. The molecule has 1 unspecified atom stereocenters. The molecule has 4 heteroatoms. The van der Waals surface area contributed by atoms with Crippen LogP contribution in [0.5, 0.6) is 0 Å². The largest absolute Gasteiger partial charge is 0.316 e. The summed E-state index contributed by atoms with van der Waals surface area (Å²) in [5.74, 6) is 0.185. The second-order valence-corrected chi connectivity index (χ2v) is 4.23. The molecule has 0 aromatic carbocycles. The zero-order valence-corrected chi connectivity index (χ0v) is 9.88. The van der Waals surface area contributed by atoms with Crippen LogP contribution in [0, 0.1) is 5.92 Å². The van der Waals surface area contributed by atoms with Crippen LogP contribution in [-0.2, 0) is 4.79 Å². The lowest BCUT2D eigenvalue weighted by Gasteiger charge is -2.28. The molecule has 4 nitrogen and oxygen atoms in total. The van der Waals surface area contributed by atoms with E-state index in [4.69, 9.17) is 0 Å². The van der Waals surface area contributed by atoms with Crippen LogP contribution in [0.3, 0.4) is 0 Å². The summed E-state index contributed by atoms with van der Waals surface area (Å²) in [7, 11) is 0. The average Bonchev–Trinajstić information content (AvgIpc) is 2.27. The molecule has 1 rings (SSSR count). The SMILES string of the molecule is CCNCC(C)C(=O)NN1CCCCC1. The van der Waals surface area contributed by atoms with Gasteiger partial charge < -0.3 is 5.32 Å². The fraction of sp³-hybridized carbons (Fsp3) is 0.909. The fourth-order valence-electron chi connectivity index (χ4n) is 1.73. The summed E-state index contributed by atoms with van der Waals surface area (Å²) in [4.78, 5) is 11.7. The van der Waals surface area contributed by atoms with E-state index in [9.17, 15) is 4.79 Å². The minimum absolute atomic E-state index is 0.0480. The van der Waals surface area contributed by atoms with Crippen molar-refractivity contribution in [3.05, 3.63) is 0 Å². The van der Waals surface area contributed by atoms with Gasteiger partial charge in [0, 0.05) is 25.6 Å². The summed E-state index contributed by atoms with van der Waals surface area (Å²) in [6.45, 7) is 7.69. The first-order valence-corrected chi connectivity index (χ1v) is 6.00. The van der Waals surface area contributed by atoms with Crippen molar-refractivity contribution in [2.24, 2.45) is 5.92 Å². The molecule has 2 N–H and O–H groups in total. The van der Waals surface area contributed by atoms with Gasteiger partial charge in [0.1, 0.15) is 0 Å². The van der Waals surface area contributed by atoms with Crippen LogP contribution in [0.15, 0.2) is 0 Å². The summed E-state index contributed by atoms with van der Waals surface area (Å²) < 4.78 is 0. The van der Waals surface area contributed by atoms with Gasteiger partial charge in [0.25, 0.3) is 0 Å². The quantitative estimate of drug-likeness (QED) is 0.708. The molecule has 0 aliphatic carbocycles. The molecule has 1 atom stereocenters. The predicted molar refractivity (Wildman–Crippen MR) is 61.3 cm³/mol. The molecule has 0 radical (unpaired) electrons. The molecule has 1 aliphatic rings. The van der Waals surface area contributed by atoms with E-state index in [1.54, 1.807) is 0 Å². The van der Waals surface area contributed by atoms with Gasteiger partial charge in [-0.2, -0.15) is 0 Å². The Morgan fingerprint density at radius 2 is 2.00 bits per heavy atom. The van der Waals surface area contributed by atoms with Gasteiger partial charge in [-0.1, -0.05) is 20.3 Å². The van der Waals surface area contributed by atoms with E-state index >= 15 is 0 Å². The van der Waals surface area contributed by atoms with Crippen molar-refractivity contribution < 1.29 is 4.79 Å². The van der Waals surface area contributed by atoms with Crippen LogP contribution in [0.2, 0.25) is 0 Å². The highest BCUT2D eigenvalue weighted by molar-refractivity contribution is 5.77. The van der Waals surface area contributed by atoms with Gasteiger partial charge in [-0.15, -0.1) is 0 Å². The molecule has 1 amide bonds. The maximum absolute atomic E-state index is 11.7. The second kappa shape index (κ2) is 6.80. The summed E-state index contributed by atoms with van der Waals surface area (Å²) in [5, 5.41) is 5.24. The van der Waals surface area contributed by atoms with Gasteiger partial charge in [0.15, 0.2) is 0 Å². The summed E-state index contributed by atoms with van der Waals surface area (Å²) in [6.07, 6.45) is 3.68. The van der Waals surface area contributed by atoms with Crippen LogP contribution >= 0.6 is 0 Å². The summed E-state index contributed by atoms with van der Waals surface area (Å²) in [5.41, 5.74) is 2.98. The smallest absolute Gasteiger partial charge is 0.238 e. The van der Waals surface area contributed by atoms with Crippen LogP contribution < -0.4 is 10.7 Å². The highest BCUT2D eigenvalue weighted by Gasteiger charge is 2.16. The molecule has 0 aromatic heterocycles. The second-order valence-electron chi connectivity index (χ2n) is 4.23. The Morgan fingerprint density at radius 3 is 2.60 bits per heavy atom. The Kier molecular flexibility index (Phi) is 5.65. The van der Waals surface area contributed by atoms with Crippen LogP contribution in [-0.4, -0.2) is 37.1 Å². The van der Waals surface area contributed by atoms with Crippen molar-refractivity contribution in [3.63, 3.8) is 0 Å². The van der Waals surface area contributed by atoms with Gasteiger partial charge in [0.2, 0.25) is 5.91 Å². The molecule has 1 aliphatic heterocycles. The highest BCUT2D eigenvalue weighted by Crippen LogP contribution is 2.06. The van der Waals surface area contributed by atoms with Gasteiger partial charge in [-0.25, -0.2) is 5.01 Å². The third-order valence-electron chi connectivity index (χ3n) is 2.77. The molecule has 88 valence electrons. The molecular weight excluding hydrogens is 190 g/mol. The number of rotatable bonds is 5. The third-order valence-corrected chi connectivity index (χ3v) is 2.77. The van der Waals surface area contributed by atoms with E-state index in [2.05, 4.69) is 17.7 Å². The highest BCUT2D eigenvalue weighted by atomic mass is 16.2. The Bertz CT molecular complexity index is 190. The predicted octanol–water partition coefficient (Wildman–Crippen LogP) is 0.749. The zero-order valence-electron chi connectivity index (χ0n) is 9.88. The van der Waals surface area contributed by atoms with Crippen molar-refractivity contribution in [1.82, 2.24) is 15.8 Å². The summed E-state index contributed by atoms with van der Waals surface area (Å²) >= 11 is 0. The number of carbonyl (C=O) groups is 1. The number of hydrazine groups is 1. The minimum Gasteiger partial charge on any atom is -0.316 e. The van der Waals surface area contributed by atoms with Crippen molar-refractivity contribution >= 4 is 5.91 Å². The monoisotopic (exact) mass is 213 g/mol. The van der Waals surface area contributed by atoms with Gasteiger partial charge in [0.05, 0.1) is 0 Å². The molecule has 1 saturated heterocycles. The first-order valence-electron chi connectivity index (χ1n) is 6.00. The van der Waals surface area contributed by atoms with E-state index in [0.717, 1.165) is 26.2 Å². The first-order chi connectivity index (χ1) is 7.24. The van der Waals surface area contributed by atoms with Crippen molar-refractivity contribution in [2.45, 2.75) is 33.1 Å². The molecule has 1 heterocycles. The summed E-state index contributed by atoms with van der Waals surface area (Å²) in [6, 6.07) is 0. The van der Waals surface area contributed by atoms with Gasteiger partial charge >= 0.3 is 0 Å². The topological polar surface area (TPSA) is 44.4 Å². The Hall–Kier alpha value is -0.610. The maximum atomic E-state index is 11.7. The number of hydrogen-bond donors (Lipinski definition) is 2. The zero-order chi connectivity index (χ0) is 11.1. The lowest BCUT2D eigenvalue weighted by molar-refractivity contribution is -0.129. The van der Waals surface area contributed by atoms with E-state index in [1.165, 1.54) is 19.3 Å². The van der Waals surface area contributed by atoms with Crippen LogP contribution in [0.25, 0.3) is 0 Å². The maximum Gasteiger partial charge on any atom is 0.238 e. The molecule has 15 heavy (non-hydrogen) atoms. The lowest BCUT2D eigenvalue weighted by atomic mass is 10.1. The number of amides is 1. The van der Waals surface area contributed by atoms with E-state index in [1.807, 2.05) is 11.9 Å². The first kappa shape index (κ1) is 12.5. The van der Waals surface area contributed by atoms with E-state index < -0.39 is 0 Å². The van der Waals surface area contributed by atoms with E-state index in [0.29, 0.717) is 0 Å². The average molecular weight is 213 g/mol.